The molecule has 374 valence electrons. The third-order valence-electron chi connectivity index (χ3n) is 15.0. The van der Waals surface area contributed by atoms with Crippen molar-refractivity contribution in [3.8, 4) is 56.4 Å². The summed E-state index contributed by atoms with van der Waals surface area (Å²) >= 11 is 8.74. The van der Waals surface area contributed by atoms with Crippen LogP contribution in [0.25, 0.3) is 56.4 Å². The molecule has 0 N–H and O–H groups in total. The first-order valence-electron chi connectivity index (χ1n) is 25.0. The van der Waals surface area contributed by atoms with E-state index < -0.39 is 36.0 Å². The van der Waals surface area contributed by atoms with Crippen LogP contribution in [0.4, 0.5) is 26.3 Å². The third-order valence-corrected chi connectivity index (χ3v) is 15.5. The maximum absolute atomic E-state index is 15.8. The molecule has 1 aliphatic rings. The lowest BCUT2D eigenvalue weighted by Crippen LogP contribution is -3.03. The largest absolute Gasteiger partial charge is 0.433 e. The van der Waals surface area contributed by atoms with Crippen molar-refractivity contribution in [2.24, 2.45) is 0 Å². The number of aryl methyl sites for hydroxylation is 6. The van der Waals surface area contributed by atoms with Crippen LogP contribution in [0.1, 0.15) is 44.5 Å². The minimum Gasteiger partial charge on any atom is -0.411 e. The van der Waals surface area contributed by atoms with Crippen LogP contribution in [-0.4, -0.2) is 21.7 Å². The van der Waals surface area contributed by atoms with Crippen LogP contribution in [0.2, 0.25) is 0 Å². The summed E-state index contributed by atoms with van der Waals surface area (Å²) < 4.78 is 103. The lowest BCUT2D eigenvalue weighted by molar-refractivity contribution is -0.654. The smallest absolute Gasteiger partial charge is 0.411 e. The molecule has 0 bridgehead atoms. The molecule has 2 aromatic heterocycles. The number of imidazole rings is 2. The van der Waals surface area contributed by atoms with Gasteiger partial charge in [0.1, 0.15) is 22.8 Å². The van der Waals surface area contributed by atoms with Gasteiger partial charge in [-0.25, -0.2) is 9.13 Å². The van der Waals surface area contributed by atoms with E-state index in [0.717, 1.165) is 68.0 Å². The average molecular weight is 1020 g/mol. The number of benzene rings is 8. The standard InChI is InChI=1S/C62H51B2ClF6N4/c1-39-32-41(3)53(42(4)33-39)72-55(45-22-12-7-13-23-45)57(47-26-16-9-17-27-47)74-59(72)63(65)60-73(54-43(5)34-40(2)35-44(54)6)56(46-24-14-8-15-25-46)58(48-28-18-10-19-29-48)75(60)64(74,51-30-20-11-21-31-51)52-37-49(61(66,67)68)36-50(38-52)62(69,70)71/h7-38,63H,1-6H3. The van der Waals surface area contributed by atoms with Gasteiger partial charge in [-0.1, -0.05) is 199 Å². The van der Waals surface area contributed by atoms with E-state index in [-0.39, 0.29) is 11.5 Å². The van der Waals surface area contributed by atoms with Crippen molar-refractivity contribution in [1.82, 2.24) is 9.13 Å². The number of nitrogens with zero attached hydrogens (tertiary/aromatic N) is 4. The number of alkyl halides is 6. The predicted octanol–water partition coefficient (Wildman–Crippen LogP) is 12.4. The van der Waals surface area contributed by atoms with Crippen LogP contribution in [0.3, 0.4) is 0 Å². The summed E-state index contributed by atoms with van der Waals surface area (Å²) in [7, 11) is 0. The molecule has 1 aliphatic heterocycles. The summed E-state index contributed by atoms with van der Waals surface area (Å²) in [5, 5.41) is 0. The fourth-order valence-corrected chi connectivity index (χ4v) is 13.0. The fourth-order valence-electron chi connectivity index (χ4n) is 12.5. The van der Waals surface area contributed by atoms with Crippen LogP contribution >= 0.6 is 11.5 Å². The molecule has 0 saturated carbocycles. The number of hydrogen-bond donors (Lipinski definition) is 0. The van der Waals surface area contributed by atoms with Gasteiger partial charge in [-0.2, -0.15) is 26.3 Å². The maximum atomic E-state index is 15.8. The van der Waals surface area contributed by atoms with Crippen molar-refractivity contribution in [2.75, 3.05) is 0 Å². The highest BCUT2D eigenvalue weighted by molar-refractivity contribution is 7.20. The van der Waals surface area contributed by atoms with Gasteiger partial charge in [0.05, 0.1) is 22.6 Å². The summed E-state index contributed by atoms with van der Waals surface area (Å²) in [5.74, 6) is 0. The lowest BCUT2D eigenvalue weighted by atomic mass is 9.33. The van der Waals surface area contributed by atoms with E-state index in [0.29, 0.717) is 50.8 Å². The first-order chi connectivity index (χ1) is 35.9. The number of rotatable bonds is 8. The number of hydrogen-bond acceptors (Lipinski definition) is 0. The van der Waals surface area contributed by atoms with Gasteiger partial charge in [0.2, 0.25) is 0 Å². The van der Waals surface area contributed by atoms with Crippen molar-refractivity contribution in [2.45, 2.75) is 53.9 Å². The van der Waals surface area contributed by atoms with Crippen molar-refractivity contribution in [3.05, 3.63) is 239 Å². The molecule has 0 aliphatic carbocycles. The molecule has 0 amide bonds. The fraction of sp³-hybridized carbons (Fsp3) is 0.129. The average Bonchev–Trinajstić information content (AvgIpc) is 4.18. The molecule has 0 atom stereocenters. The molecule has 0 radical (unpaired) electrons. The predicted molar refractivity (Wildman–Crippen MR) is 293 cm³/mol. The monoisotopic (exact) mass is 1020 g/mol. The Kier molecular flexibility index (Phi) is 12.2. The third kappa shape index (κ3) is 8.04. The zero-order chi connectivity index (χ0) is 52.7. The Morgan fingerprint density at radius 3 is 1.03 bits per heavy atom. The molecule has 8 aromatic carbocycles. The second-order valence-corrected chi connectivity index (χ2v) is 20.6. The lowest BCUT2D eigenvalue weighted by Gasteiger charge is -2.46. The van der Waals surface area contributed by atoms with Gasteiger partial charge in [0, 0.05) is 22.3 Å². The maximum Gasteiger partial charge on any atom is 0.433 e. The van der Waals surface area contributed by atoms with Gasteiger partial charge in [0.15, 0.2) is 11.4 Å². The van der Waals surface area contributed by atoms with E-state index in [1.165, 1.54) is 0 Å². The van der Waals surface area contributed by atoms with E-state index >= 15 is 26.3 Å². The molecule has 0 unspecified atom stereocenters. The summed E-state index contributed by atoms with van der Waals surface area (Å²) in [4.78, 5) is 0. The molecule has 75 heavy (non-hydrogen) atoms. The zero-order valence-corrected chi connectivity index (χ0v) is 43.0. The number of fused-ring (bicyclic) bond motifs is 2. The number of aromatic nitrogens is 4. The summed E-state index contributed by atoms with van der Waals surface area (Å²) in [6.07, 6.45) is -16.3. The Labute approximate surface area is 437 Å². The molecule has 4 nitrogen and oxygen atoms in total. The van der Waals surface area contributed by atoms with Crippen molar-refractivity contribution in [3.63, 3.8) is 0 Å². The highest BCUT2D eigenvalue weighted by Gasteiger charge is 2.58. The van der Waals surface area contributed by atoms with Crippen molar-refractivity contribution in [1.29, 1.82) is 0 Å². The Morgan fingerprint density at radius 2 is 0.707 bits per heavy atom. The Hall–Kier alpha value is -7.82. The van der Waals surface area contributed by atoms with Gasteiger partial charge in [-0.15, -0.1) is 10.9 Å². The molecular formula is C62H51B2ClF6N4. The van der Waals surface area contributed by atoms with Gasteiger partial charge < -0.3 is 20.4 Å². The minimum absolute atomic E-state index is 0.221. The topological polar surface area (TPSA) is 17.6 Å². The van der Waals surface area contributed by atoms with E-state index in [9.17, 15) is 0 Å². The Balaban J connectivity index is 1.55. The molecule has 0 fully saturated rings. The van der Waals surface area contributed by atoms with E-state index in [2.05, 4.69) is 42.4 Å². The summed E-state index contributed by atoms with van der Waals surface area (Å²) in [5.41, 5.74) is 10.9. The van der Waals surface area contributed by atoms with E-state index in [1.807, 2.05) is 181 Å². The van der Waals surface area contributed by atoms with Gasteiger partial charge in [-0.3, -0.25) is 0 Å². The van der Waals surface area contributed by atoms with E-state index in [4.69, 9.17) is 11.5 Å². The van der Waals surface area contributed by atoms with Crippen LogP contribution in [0, 0.1) is 41.5 Å². The van der Waals surface area contributed by atoms with E-state index in [1.54, 1.807) is 12.1 Å². The Bertz CT molecular complexity index is 3550. The zero-order valence-electron chi connectivity index (χ0n) is 42.2. The second kappa shape index (κ2) is 18.5. The van der Waals surface area contributed by atoms with Gasteiger partial charge >= 0.3 is 18.8 Å². The summed E-state index contributed by atoms with van der Waals surface area (Å²) in [6, 6.07) is 58.3. The van der Waals surface area contributed by atoms with Crippen molar-refractivity contribution >= 4 is 46.4 Å². The van der Waals surface area contributed by atoms with Crippen LogP contribution in [-0.2, 0) is 12.4 Å². The first kappa shape index (κ1) is 49.4. The van der Waals surface area contributed by atoms with Crippen molar-refractivity contribution < 1.29 is 35.3 Å². The SMILES string of the molecule is Cc1cc(C)c(-n2c(-c3ccccc3)c(-c3ccccc3)[n+]3c2[BH-](Cl)c2n(-c4c(C)cc(C)cc4C)c(-c4ccccc4)c(-c4ccccc4)[n+]2[B-]3(c2ccccc2)c2cc(C(F)(F)F)cc(C(F)(F)F)c2)c(C)c1. The molecule has 11 rings (SSSR count). The van der Waals surface area contributed by atoms with Gasteiger partial charge in [0.25, 0.3) is 6.13 Å². The highest BCUT2D eigenvalue weighted by atomic mass is 35.5. The first-order valence-corrected chi connectivity index (χ1v) is 25.6. The van der Waals surface area contributed by atoms with Gasteiger partial charge in [-0.05, 0) is 69.9 Å². The quantitative estimate of drug-likeness (QED) is 0.107. The molecule has 0 spiro atoms. The Morgan fingerprint density at radius 1 is 0.400 bits per heavy atom. The number of halogens is 7. The van der Waals surface area contributed by atoms with Crippen LogP contribution in [0.15, 0.2) is 194 Å². The molecular weight excluding hydrogens is 972 g/mol. The second-order valence-electron chi connectivity index (χ2n) is 20.1. The minimum atomic E-state index is -5.20. The highest BCUT2D eigenvalue weighted by Crippen LogP contribution is 2.41. The van der Waals surface area contributed by atoms with Crippen LogP contribution in [0.5, 0.6) is 0 Å². The molecule has 3 heterocycles. The molecule has 0 saturated heterocycles. The molecule has 10 aromatic rings. The summed E-state index contributed by atoms with van der Waals surface area (Å²) in [6.45, 7) is 12.2. The molecule has 13 heteroatoms. The normalized spacial score (nSPS) is 15.5. The van der Waals surface area contributed by atoms with Crippen LogP contribution < -0.4 is 31.3 Å².